The second kappa shape index (κ2) is 4.75. The molecule has 0 fully saturated rings. The van der Waals surface area contributed by atoms with E-state index in [4.69, 9.17) is 11.5 Å². The minimum absolute atomic E-state index is 0.158. The maximum atomic E-state index is 12.1. The number of hydrogen-bond donors (Lipinski definition) is 2. The third kappa shape index (κ3) is 3.20. The van der Waals surface area contributed by atoms with Gasteiger partial charge in [-0.15, -0.1) is 0 Å². The Morgan fingerprint density at radius 1 is 1.41 bits per heavy atom. The summed E-state index contributed by atoms with van der Waals surface area (Å²) in [6.45, 7) is 3.17. The van der Waals surface area contributed by atoms with Crippen LogP contribution in [0.15, 0.2) is 23.1 Å². The number of amides is 1. The largest absolute Gasteiger partial charge is 0.399 e. The van der Waals surface area contributed by atoms with E-state index in [9.17, 15) is 13.2 Å². The maximum absolute atomic E-state index is 12.1. The third-order valence-corrected chi connectivity index (χ3v) is 4.55. The highest BCUT2D eigenvalue weighted by Gasteiger charge is 2.23. The van der Waals surface area contributed by atoms with Crippen molar-refractivity contribution in [2.24, 2.45) is 11.7 Å². The van der Waals surface area contributed by atoms with Crippen molar-refractivity contribution >= 4 is 21.4 Å². The van der Waals surface area contributed by atoms with Crippen LogP contribution in [0.4, 0.5) is 5.69 Å². The van der Waals surface area contributed by atoms with Crippen LogP contribution in [0.5, 0.6) is 0 Å². The predicted octanol–water partition coefficient (Wildman–Crippen LogP) is 0.472. The lowest BCUT2D eigenvalue weighted by Crippen LogP contribution is -2.27. The smallest absolute Gasteiger partial charge is 0.221 e. The fourth-order valence-corrected chi connectivity index (χ4v) is 3.33. The zero-order valence-electron chi connectivity index (χ0n) is 9.80. The van der Waals surface area contributed by atoms with Gasteiger partial charge in [-0.2, -0.15) is 0 Å². The van der Waals surface area contributed by atoms with Crippen molar-refractivity contribution < 1.29 is 13.2 Å². The van der Waals surface area contributed by atoms with Crippen LogP contribution < -0.4 is 11.5 Å². The summed E-state index contributed by atoms with van der Waals surface area (Å²) in [4.78, 5) is 11.1. The van der Waals surface area contributed by atoms with Crippen LogP contribution in [0.25, 0.3) is 0 Å². The highest BCUT2D eigenvalue weighted by atomic mass is 32.2. The van der Waals surface area contributed by atoms with Crippen LogP contribution in [0.3, 0.4) is 0 Å². The Bertz CT molecular complexity index is 538. The Morgan fingerprint density at radius 3 is 2.53 bits per heavy atom. The first-order valence-electron chi connectivity index (χ1n) is 5.12. The van der Waals surface area contributed by atoms with Gasteiger partial charge in [0.15, 0.2) is 9.84 Å². The van der Waals surface area contributed by atoms with Gasteiger partial charge in [0.2, 0.25) is 5.91 Å². The molecule has 17 heavy (non-hydrogen) atoms. The second-order valence-corrected chi connectivity index (χ2v) is 6.11. The average molecular weight is 256 g/mol. The number of anilines is 1. The summed E-state index contributed by atoms with van der Waals surface area (Å²) in [7, 11) is -3.54. The van der Waals surface area contributed by atoms with Gasteiger partial charge in [-0.3, -0.25) is 4.79 Å². The first-order chi connectivity index (χ1) is 7.74. The molecule has 0 saturated heterocycles. The zero-order chi connectivity index (χ0) is 13.2. The third-order valence-electron chi connectivity index (χ3n) is 2.50. The SMILES string of the molecule is Cc1ccc(N)cc1S(=O)(=O)CC(C)C(N)=O. The van der Waals surface area contributed by atoms with Crippen molar-refractivity contribution in [3.8, 4) is 0 Å². The summed E-state index contributed by atoms with van der Waals surface area (Å²) in [5, 5.41) is 0. The van der Waals surface area contributed by atoms with E-state index in [0.29, 0.717) is 11.3 Å². The Balaban J connectivity index is 3.13. The van der Waals surface area contributed by atoms with E-state index in [1.807, 2.05) is 0 Å². The van der Waals surface area contributed by atoms with E-state index in [-0.39, 0.29) is 10.6 Å². The minimum Gasteiger partial charge on any atom is -0.399 e. The standard InChI is InChI=1S/C11H16N2O3S/c1-7-3-4-9(12)5-10(7)17(15,16)6-8(2)11(13)14/h3-5,8H,6,12H2,1-2H3,(H2,13,14). The first kappa shape index (κ1) is 13.5. The van der Waals surface area contributed by atoms with Crippen molar-refractivity contribution in [1.82, 2.24) is 0 Å². The van der Waals surface area contributed by atoms with Crippen LogP contribution in [0.2, 0.25) is 0 Å². The molecule has 1 amide bonds. The molecule has 0 aromatic heterocycles. The number of hydrogen-bond acceptors (Lipinski definition) is 4. The molecule has 0 saturated carbocycles. The molecule has 0 aliphatic carbocycles. The number of carbonyl (C=O) groups is 1. The van der Waals surface area contributed by atoms with Crippen molar-refractivity contribution in [2.75, 3.05) is 11.5 Å². The summed E-state index contributed by atoms with van der Waals surface area (Å²) in [5.74, 6) is -1.65. The van der Waals surface area contributed by atoms with Gasteiger partial charge >= 0.3 is 0 Å². The quantitative estimate of drug-likeness (QED) is 0.764. The van der Waals surface area contributed by atoms with Crippen LogP contribution in [-0.4, -0.2) is 20.1 Å². The van der Waals surface area contributed by atoms with Crippen molar-refractivity contribution in [3.05, 3.63) is 23.8 Å². The van der Waals surface area contributed by atoms with Gasteiger partial charge in [0.1, 0.15) is 0 Å². The topological polar surface area (TPSA) is 103 Å². The number of aryl methyl sites for hydroxylation is 1. The number of primary amides is 1. The van der Waals surface area contributed by atoms with E-state index >= 15 is 0 Å². The van der Waals surface area contributed by atoms with Gasteiger partial charge in [0.05, 0.1) is 10.6 Å². The molecule has 1 atom stereocenters. The summed E-state index contributed by atoms with van der Waals surface area (Å²) in [6, 6.07) is 4.67. The highest BCUT2D eigenvalue weighted by molar-refractivity contribution is 7.91. The predicted molar refractivity (Wildman–Crippen MR) is 66.0 cm³/mol. The van der Waals surface area contributed by atoms with E-state index in [1.54, 1.807) is 19.1 Å². The molecule has 0 aliphatic rings. The Labute approximate surface area is 101 Å². The van der Waals surface area contributed by atoms with Gasteiger partial charge in [0.25, 0.3) is 0 Å². The number of nitrogen functional groups attached to an aromatic ring is 1. The van der Waals surface area contributed by atoms with E-state index in [1.165, 1.54) is 13.0 Å². The van der Waals surface area contributed by atoms with Gasteiger partial charge in [0, 0.05) is 11.6 Å². The van der Waals surface area contributed by atoms with E-state index < -0.39 is 21.7 Å². The van der Waals surface area contributed by atoms with Crippen molar-refractivity contribution in [3.63, 3.8) is 0 Å². The molecule has 0 aliphatic heterocycles. The normalized spacial score (nSPS) is 13.3. The fraction of sp³-hybridized carbons (Fsp3) is 0.364. The fourth-order valence-electron chi connectivity index (χ4n) is 1.45. The molecule has 1 rings (SSSR count). The average Bonchev–Trinajstić information content (AvgIpc) is 2.20. The Hall–Kier alpha value is -1.56. The molecular weight excluding hydrogens is 240 g/mol. The van der Waals surface area contributed by atoms with Crippen molar-refractivity contribution in [1.29, 1.82) is 0 Å². The molecule has 6 heteroatoms. The van der Waals surface area contributed by atoms with E-state index in [2.05, 4.69) is 0 Å². The molecule has 4 N–H and O–H groups in total. The van der Waals surface area contributed by atoms with Crippen LogP contribution in [0, 0.1) is 12.8 Å². The lowest BCUT2D eigenvalue weighted by molar-refractivity contribution is -0.120. The molecule has 94 valence electrons. The molecule has 1 unspecified atom stereocenters. The summed E-state index contributed by atoms with van der Waals surface area (Å²) < 4.78 is 24.1. The Morgan fingerprint density at radius 2 is 2.00 bits per heavy atom. The minimum atomic E-state index is -3.54. The molecule has 0 heterocycles. The Kier molecular flexibility index (Phi) is 3.77. The molecule has 1 aromatic carbocycles. The van der Waals surface area contributed by atoms with E-state index in [0.717, 1.165) is 0 Å². The molecule has 1 aromatic rings. The highest BCUT2D eigenvalue weighted by Crippen LogP contribution is 2.21. The lowest BCUT2D eigenvalue weighted by atomic mass is 10.2. The first-order valence-corrected chi connectivity index (χ1v) is 6.77. The maximum Gasteiger partial charge on any atom is 0.221 e. The number of nitrogens with two attached hydrogens (primary N) is 2. The van der Waals surface area contributed by atoms with Gasteiger partial charge in [-0.05, 0) is 24.6 Å². The summed E-state index contributed by atoms with van der Waals surface area (Å²) in [5.41, 5.74) is 11.6. The summed E-state index contributed by atoms with van der Waals surface area (Å²) >= 11 is 0. The van der Waals surface area contributed by atoms with Gasteiger partial charge < -0.3 is 11.5 Å². The van der Waals surface area contributed by atoms with Crippen LogP contribution in [0.1, 0.15) is 12.5 Å². The number of sulfone groups is 1. The monoisotopic (exact) mass is 256 g/mol. The molecular formula is C11H16N2O3S. The zero-order valence-corrected chi connectivity index (χ0v) is 10.6. The lowest BCUT2D eigenvalue weighted by Gasteiger charge is -2.11. The molecule has 0 bridgehead atoms. The number of benzene rings is 1. The van der Waals surface area contributed by atoms with Gasteiger partial charge in [-0.1, -0.05) is 13.0 Å². The second-order valence-electron chi connectivity index (χ2n) is 4.11. The molecule has 0 spiro atoms. The van der Waals surface area contributed by atoms with Crippen LogP contribution in [-0.2, 0) is 14.6 Å². The number of carbonyl (C=O) groups excluding carboxylic acids is 1. The summed E-state index contributed by atoms with van der Waals surface area (Å²) in [6.07, 6.45) is 0. The molecule has 5 nitrogen and oxygen atoms in total. The number of rotatable bonds is 4. The van der Waals surface area contributed by atoms with Crippen LogP contribution >= 0.6 is 0 Å². The van der Waals surface area contributed by atoms with Gasteiger partial charge in [-0.25, -0.2) is 8.42 Å². The van der Waals surface area contributed by atoms with Crippen molar-refractivity contribution in [2.45, 2.75) is 18.7 Å². The molecule has 0 radical (unpaired) electrons.